The summed E-state index contributed by atoms with van der Waals surface area (Å²) in [6, 6.07) is -1.86. The van der Waals surface area contributed by atoms with E-state index < -0.39 is 54.3 Å². The van der Waals surface area contributed by atoms with E-state index in [2.05, 4.69) is 0 Å². The van der Waals surface area contributed by atoms with Gasteiger partial charge >= 0.3 is 18.2 Å². The number of hydrogen-bond donors (Lipinski definition) is 0. The van der Waals surface area contributed by atoms with E-state index >= 15 is 0 Å². The average molecular weight is 444 g/mol. The standard InChI is InChI=1S/C20H32N2O9/c1-7-8-9-28-18(25)21-11-13(10-14(21)16(24)27-6)22(19(26)31-20(3,4)5)15(23)17-29-12(2)30-17/h12-14,17H,7-11H2,1-6H3/t12?,13-,14+,17?/m1/s1. The van der Waals surface area contributed by atoms with Crippen LogP contribution in [-0.4, -0.2) is 84.4 Å². The summed E-state index contributed by atoms with van der Waals surface area (Å²) in [5.74, 6) is -1.43. The van der Waals surface area contributed by atoms with Crippen LogP contribution in [0.3, 0.4) is 0 Å². The van der Waals surface area contributed by atoms with E-state index in [0.717, 1.165) is 11.3 Å². The molecule has 2 heterocycles. The number of imide groups is 1. The van der Waals surface area contributed by atoms with Gasteiger partial charge < -0.3 is 23.7 Å². The van der Waals surface area contributed by atoms with Crippen LogP contribution in [0.4, 0.5) is 9.59 Å². The zero-order chi connectivity index (χ0) is 23.3. The molecule has 2 fully saturated rings. The van der Waals surface area contributed by atoms with E-state index in [0.29, 0.717) is 6.42 Å². The van der Waals surface area contributed by atoms with Gasteiger partial charge in [-0.2, -0.15) is 0 Å². The number of amides is 3. The fourth-order valence-electron chi connectivity index (χ4n) is 3.27. The maximum absolute atomic E-state index is 12.9. The number of esters is 1. The zero-order valence-corrected chi connectivity index (χ0v) is 18.9. The predicted molar refractivity (Wildman–Crippen MR) is 106 cm³/mol. The van der Waals surface area contributed by atoms with Gasteiger partial charge in [-0.25, -0.2) is 19.3 Å². The molecule has 0 unspecified atom stereocenters. The Morgan fingerprint density at radius 2 is 1.81 bits per heavy atom. The molecule has 176 valence electrons. The summed E-state index contributed by atoms with van der Waals surface area (Å²) in [5.41, 5.74) is -0.872. The smallest absolute Gasteiger partial charge is 0.417 e. The van der Waals surface area contributed by atoms with Gasteiger partial charge in [0.25, 0.3) is 5.91 Å². The van der Waals surface area contributed by atoms with E-state index in [1.54, 1.807) is 27.7 Å². The quantitative estimate of drug-likeness (QED) is 0.344. The maximum Gasteiger partial charge on any atom is 0.417 e. The topological polar surface area (TPSA) is 121 Å². The largest absolute Gasteiger partial charge is 0.467 e. The minimum Gasteiger partial charge on any atom is -0.467 e. The van der Waals surface area contributed by atoms with Gasteiger partial charge in [0.2, 0.25) is 6.29 Å². The molecule has 2 aliphatic rings. The van der Waals surface area contributed by atoms with Crippen LogP contribution in [0.2, 0.25) is 0 Å². The van der Waals surface area contributed by atoms with E-state index in [1.165, 1.54) is 12.0 Å². The summed E-state index contributed by atoms with van der Waals surface area (Å²) in [4.78, 5) is 52.7. The van der Waals surface area contributed by atoms with Crippen molar-refractivity contribution in [3.8, 4) is 0 Å². The maximum atomic E-state index is 12.9. The summed E-state index contributed by atoms with van der Waals surface area (Å²) in [7, 11) is 1.20. The fourth-order valence-corrected chi connectivity index (χ4v) is 3.27. The highest BCUT2D eigenvalue weighted by Gasteiger charge is 2.50. The fraction of sp³-hybridized carbons (Fsp3) is 0.800. The highest BCUT2D eigenvalue weighted by atomic mass is 16.9. The summed E-state index contributed by atoms with van der Waals surface area (Å²) in [5, 5.41) is 0. The van der Waals surface area contributed by atoms with Crippen molar-refractivity contribution < 1.29 is 42.9 Å². The van der Waals surface area contributed by atoms with Crippen molar-refractivity contribution in [2.75, 3.05) is 20.3 Å². The molecule has 0 aliphatic carbocycles. The molecule has 0 aromatic carbocycles. The van der Waals surface area contributed by atoms with Gasteiger partial charge in [-0.15, -0.1) is 0 Å². The number of rotatable bonds is 6. The molecule has 0 bridgehead atoms. The van der Waals surface area contributed by atoms with Crippen molar-refractivity contribution in [3.63, 3.8) is 0 Å². The number of carbonyl (C=O) groups is 4. The Morgan fingerprint density at radius 1 is 1.16 bits per heavy atom. The lowest BCUT2D eigenvalue weighted by atomic mass is 10.1. The minimum atomic E-state index is -1.26. The Kier molecular flexibility index (Phi) is 8.24. The van der Waals surface area contributed by atoms with Crippen molar-refractivity contribution in [1.29, 1.82) is 0 Å². The number of ether oxygens (including phenoxy) is 5. The molecule has 0 aromatic heterocycles. The lowest BCUT2D eigenvalue weighted by molar-refractivity contribution is -0.360. The van der Waals surface area contributed by atoms with Crippen molar-refractivity contribution in [1.82, 2.24) is 9.80 Å². The summed E-state index contributed by atoms with van der Waals surface area (Å²) in [6.45, 7) is 8.63. The second kappa shape index (κ2) is 10.3. The highest BCUT2D eigenvalue weighted by molar-refractivity contribution is 5.95. The number of carbonyl (C=O) groups excluding carboxylic acids is 4. The van der Waals surface area contributed by atoms with Gasteiger partial charge in [0.1, 0.15) is 11.6 Å². The molecule has 31 heavy (non-hydrogen) atoms. The molecule has 0 saturated carbocycles. The third-order valence-corrected chi connectivity index (χ3v) is 4.74. The third-order valence-electron chi connectivity index (χ3n) is 4.74. The Bertz CT molecular complexity index is 685. The first-order valence-electron chi connectivity index (χ1n) is 10.4. The monoisotopic (exact) mass is 444 g/mol. The number of methoxy groups -OCH3 is 1. The van der Waals surface area contributed by atoms with Crippen LogP contribution in [0.25, 0.3) is 0 Å². The summed E-state index contributed by atoms with van der Waals surface area (Å²) >= 11 is 0. The van der Waals surface area contributed by atoms with Crippen molar-refractivity contribution in [2.45, 2.75) is 84.1 Å². The lowest BCUT2D eigenvalue weighted by Gasteiger charge is -2.37. The molecule has 0 spiro atoms. The van der Waals surface area contributed by atoms with Crippen LogP contribution in [0.5, 0.6) is 0 Å². The van der Waals surface area contributed by atoms with Crippen LogP contribution in [0.15, 0.2) is 0 Å². The molecule has 2 saturated heterocycles. The van der Waals surface area contributed by atoms with Crippen molar-refractivity contribution >= 4 is 24.1 Å². The Hall–Kier alpha value is -2.40. The Labute approximate surface area is 181 Å². The Balaban J connectivity index is 2.25. The molecule has 11 nitrogen and oxygen atoms in total. The van der Waals surface area contributed by atoms with Crippen LogP contribution in [0.1, 0.15) is 53.9 Å². The van der Waals surface area contributed by atoms with Crippen molar-refractivity contribution in [2.24, 2.45) is 0 Å². The van der Waals surface area contributed by atoms with Crippen LogP contribution >= 0.6 is 0 Å². The van der Waals surface area contributed by atoms with Crippen LogP contribution in [0, 0.1) is 0 Å². The number of hydrogen-bond acceptors (Lipinski definition) is 9. The second-order valence-corrected chi connectivity index (χ2v) is 8.41. The van der Waals surface area contributed by atoms with Gasteiger partial charge in [-0.05, 0) is 34.1 Å². The zero-order valence-electron chi connectivity index (χ0n) is 18.9. The van der Waals surface area contributed by atoms with Crippen LogP contribution < -0.4 is 0 Å². The van der Waals surface area contributed by atoms with Gasteiger partial charge in [0, 0.05) is 13.0 Å². The average Bonchev–Trinajstić information content (AvgIpc) is 3.08. The molecule has 2 aliphatic heterocycles. The molecular weight excluding hydrogens is 412 g/mol. The molecule has 0 radical (unpaired) electrons. The van der Waals surface area contributed by atoms with Gasteiger partial charge in [-0.1, -0.05) is 13.3 Å². The molecule has 2 rings (SSSR count). The number of likely N-dealkylation sites (tertiary alicyclic amines) is 1. The minimum absolute atomic E-state index is 0.0250. The van der Waals surface area contributed by atoms with Gasteiger partial charge in [0.05, 0.1) is 19.8 Å². The number of unbranched alkanes of at least 4 members (excludes halogenated alkanes) is 1. The van der Waals surface area contributed by atoms with E-state index in [-0.39, 0.29) is 19.6 Å². The summed E-state index contributed by atoms with van der Waals surface area (Å²) < 4.78 is 25.9. The Morgan fingerprint density at radius 3 is 2.32 bits per heavy atom. The molecular formula is C20H32N2O9. The molecule has 2 atom stereocenters. The first-order chi connectivity index (χ1) is 14.5. The first kappa shape index (κ1) is 24.9. The predicted octanol–water partition coefficient (Wildman–Crippen LogP) is 2.02. The normalized spacial score (nSPS) is 25.4. The van der Waals surface area contributed by atoms with Gasteiger partial charge in [0.15, 0.2) is 6.29 Å². The second-order valence-electron chi connectivity index (χ2n) is 8.41. The molecule has 11 heteroatoms. The lowest BCUT2D eigenvalue weighted by Crippen LogP contribution is -2.57. The van der Waals surface area contributed by atoms with E-state index in [4.69, 9.17) is 23.7 Å². The van der Waals surface area contributed by atoms with E-state index in [9.17, 15) is 19.2 Å². The third kappa shape index (κ3) is 6.30. The van der Waals surface area contributed by atoms with Gasteiger partial charge in [-0.3, -0.25) is 9.69 Å². The van der Waals surface area contributed by atoms with E-state index in [1.807, 2.05) is 6.92 Å². The van der Waals surface area contributed by atoms with Crippen LogP contribution in [-0.2, 0) is 33.3 Å². The number of nitrogens with zero attached hydrogens (tertiary/aromatic N) is 2. The SMILES string of the molecule is CCCCOC(=O)N1C[C@H](N(C(=O)OC(C)(C)C)C(=O)C2OC(C)O2)C[C@H]1C(=O)OC. The summed E-state index contributed by atoms with van der Waals surface area (Å²) in [6.07, 6.45) is -2.00. The molecule has 0 aromatic rings. The molecule has 3 amide bonds. The highest BCUT2D eigenvalue weighted by Crippen LogP contribution is 2.28. The molecule has 0 N–H and O–H groups in total. The van der Waals surface area contributed by atoms with Crippen molar-refractivity contribution in [3.05, 3.63) is 0 Å². The first-order valence-corrected chi connectivity index (χ1v) is 10.4.